The highest BCUT2D eigenvalue weighted by atomic mass is 35.5. The van der Waals surface area contributed by atoms with Crippen molar-refractivity contribution in [1.29, 1.82) is 0 Å². The molecule has 0 aliphatic rings. The quantitative estimate of drug-likeness (QED) is 0.458. The number of hydrogen-bond acceptors (Lipinski definition) is 6. The number of para-hydroxylation sites is 1. The molecule has 0 radical (unpaired) electrons. The van der Waals surface area contributed by atoms with Gasteiger partial charge in [0.1, 0.15) is 11.3 Å². The number of amides is 1. The molecular formula is C23H31ClN4O2S. The number of ether oxygens (including phenoxy) is 1. The maximum absolute atomic E-state index is 13.4. The van der Waals surface area contributed by atoms with Crippen molar-refractivity contribution in [2.45, 2.75) is 13.8 Å². The summed E-state index contributed by atoms with van der Waals surface area (Å²) < 4.78 is 6.45. The second-order valence-electron chi connectivity index (χ2n) is 7.28. The lowest BCUT2D eigenvalue weighted by atomic mass is 10.1. The molecule has 8 heteroatoms. The smallest absolute Gasteiger partial charge is 0.260 e. The zero-order chi connectivity index (χ0) is 21.7. The van der Waals surface area contributed by atoms with E-state index in [-0.39, 0.29) is 18.3 Å². The number of aromatic nitrogens is 1. The molecule has 0 saturated heterocycles. The van der Waals surface area contributed by atoms with Gasteiger partial charge in [-0.25, -0.2) is 4.98 Å². The molecule has 3 aromatic rings. The zero-order valence-electron chi connectivity index (χ0n) is 18.8. The van der Waals surface area contributed by atoms with Crippen molar-refractivity contribution in [3.8, 4) is 5.75 Å². The normalized spacial score (nSPS) is 10.8. The van der Waals surface area contributed by atoms with Gasteiger partial charge in [-0.2, -0.15) is 0 Å². The maximum atomic E-state index is 13.4. The molecule has 0 fully saturated rings. The minimum atomic E-state index is -0.0408. The summed E-state index contributed by atoms with van der Waals surface area (Å²) in [4.78, 5) is 24.3. The fraction of sp³-hybridized carbons (Fsp3) is 0.391. The third-order valence-corrected chi connectivity index (χ3v) is 6.12. The summed E-state index contributed by atoms with van der Waals surface area (Å²) in [6, 6.07) is 13.7. The number of halogens is 1. The molecule has 0 unspecified atom stereocenters. The van der Waals surface area contributed by atoms with Crippen LogP contribution in [-0.4, -0.2) is 63.2 Å². The van der Waals surface area contributed by atoms with Crippen LogP contribution in [0.4, 0.5) is 10.8 Å². The van der Waals surface area contributed by atoms with Crippen molar-refractivity contribution >= 4 is 50.7 Å². The summed E-state index contributed by atoms with van der Waals surface area (Å²) in [5.74, 6) is 0.680. The van der Waals surface area contributed by atoms with Gasteiger partial charge in [0.05, 0.1) is 11.8 Å². The number of methoxy groups -OCH3 is 1. The van der Waals surface area contributed by atoms with Gasteiger partial charge in [-0.05, 0) is 64.3 Å². The number of carbonyl (C=O) groups is 1. The number of fused-ring (bicyclic) bond motifs is 1. The monoisotopic (exact) mass is 462 g/mol. The molecule has 6 nitrogen and oxygen atoms in total. The number of anilines is 2. The lowest BCUT2D eigenvalue weighted by Gasteiger charge is -2.23. The van der Waals surface area contributed by atoms with Crippen LogP contribution in [0, 0.1) is 0 Å². The second kappa shape index (κ2) is 11.3. The van der Waals surface area contributed by atoms with E-state index in [4.69, 9.17) is 9.72 Å². The van der Waals surface area contributed by atoms with Gasteiger partial charge in [0, 0.05) is 37.4 Å². The van der Waals surface area contributed by atoms with Crippen molar-refractivity contribution in [2.75, 3.05) is 57.2 Å². The fourth-order valence-corrected chi connectivity index (χ4v) is 4.34. The van der Waals surface area contributed by atoms with Gasteiger partial charge in [-0.3, -0.25) is 9.69 Å². The molecule has 3 rings (SSSR count). The van der Waals surface area contributed by atoms with E-state index in [1.807, 2.05) is 56.6 Å². The number of hydrogen-bond donors (Lipinski definition) is 0. The number of thiazole rings is 1. The summed E-state index contributed by atoms with van der Waals surface area (Å²) in [7, 11) is 5.64. The van der Waals surface area contributed by atoms with Crippen molar-refractivity contribution < 1.29 is 9.53 Å². The predicted octanol–water partition coefficient (Wildman–Crippen LogP) is 4.78. The molecule has 0 saturated carbocycles. The Morgan fingerprint density at radius 2 is 1.71 bits per heavy atom. The number of nitrogens with zero attached hydrogens (tertiary/aromatic N) is 4. The van der Waals surface area contributed by atoms with Crippen LogP contribution in [0.1, 0.15) is 24.2 Å². The van der Waals surface area contributed by atoms with Gasteiger partial charge >= 0.3 is 0 Å². The number of benzene rings is 2. The van der Waals surface area contributed by atoms with Crippen LogP contribution >= 0.6 is 23.7 Å². The highest BCUT2D eigenvalue weighted by molar-refractivity contribution is 7.22. The molecule has 0 aliphatic heterocycles. The van der Waals surface area contributed by atoms with E-state index in [0.717, 1.165) is 41.3 Å². The first-order valence-corrected chi connectivity index (χ1v) is 11.0. The van der Waals surface area contributed by atoms with Crippen LogP contribution < -0.4 is 14.5 Å². The summed E-state index contributed by atoms with van der Waals surface area (Å²) in [5.41, 5.74) is 2.58. The van der Waals surface area contributed by atoms with Gasteiger partial charge in [-0.1, -0.05) is 17.4 Å². The van der Waals surface area contributed by atoms with E-state index < -0.39 is 0 Å². The van der Waals surface area contributed by atoms with Crippen LogP contribution in [-0.2, 0) is 0 Å². The summed E-state index contributed by atoms with van der Waals surface area (Å²) in [5, 5.41) is 0.689. The zero-order valence-corrected chi connectivity index (χ0v) is 20.4. The fourth-order valence-electron chi connectivity index (χ4n) is 3.34. The highest BCUT2D eigenvalue weighted by Gasteiger charge is 2.22. The Morgan fingerprint density at radius 3 is 2.29 bits per heavy atom. The Kier molecular flexibility index (Phi) is 9.10. The van der Waals surface area contributed by atoms with E-state index in [0.29, 0.717) is 17.2 Å². The SMILES string of the molecule is CCN(CC)c1ccc(C(=O)N(CCN(C)C)c2nc3c(OC)cccc3s2)cc1.Cl. The Morgan fingerprint density at radius 1 is 1.03 bits per heavy atom. The number of rotatable bonds is 9. The van der Waals surface area contributed by atoms with Crippen molar-refractivity contribution in [2.24, 2.45) is 0 Å². The van der Waals surface area contributed by atoms with E-state index in [2.05, 4.69) is 23.6 Å². The van der Waals surface area contributed by atoms with Crippen LogP contribution in [0.5, 0.6) is 5.75 Å². The largest absolute Gasteiger partial charge is 0.494 e. The first-order valence-electron chi connectivity index (χ1n) is 10.2. The molecule has 0 N–H and O–H groups in total. The van der Waals surface area contributed by atoms with Gasteiger partial charge in [0.25, 0.3) is 5.91 Å². The number of carbonyl (C=O) groups excluding carboxylic acids is 1. The van der Waals surface area contributed by atoms with Gasteiger partial charge in [0.2, 0.25) is 0 Å². The molecule has 31 heavy (non-hydrogen) atoms. The topological polar surface area (TPSA) is 48.9 Å². The molecule has 1 heterocycles. The van der Waals surface area contributed by atoms with E-state index in [1.165, 1.54) is 11.3 Å². The second-order valence-corrected chi connectivity index (χ2v) is 8.29. The summed E-state index contributed by atoms with van der Waals surface area (Å²) in [6.45, 7) is 7.45. The Labute approximate surface area is 194 Å². The van der Waals surface area contributed by atoms with Crippen LogP contribution in [0.15, 0.2) is 42.5 Å². The molecule has 0 spiro atoms. The molecule has 0 aliphatic carbocycles. The maximum Gasteiger partial charge on any atom is 0.260 e. The molecule has 2 aromatic carbocycles. The van der Waals surface area contributed by atoms with Crippen LogP contribution in [0.3, 0.4) is 0 Å². The lowest BCUT2D eigenvalue weighted by Crippen LogP contribution is -2.36. The molecule has 1 aromatic heterocycles. The number of likely N-dealkylation sites (N-methyl/N-ethyl adjacent to an activating group) is 1. The summed E-state index contributed by atoms with van der Waals surface area (Å²) in [6.07, 6.45) is 0. The Balaban J connectivity index is 0.00000341. The third-order valence-electron chi connectivity index (χ3n) is 5.08. The summed E-state index contributed by atoms with van der Waals surface area (Å²) >= 11 is 1.51. The standard InChI is InChI=1S/C23H30N4O2S.ClH/c1-6-26(7-2)18-13-11-17(12-14-18)22(28)27(16-15-25(3)4)23-24-21-19(29-5)9-8-10-20(21)30-23;/h8-14H,6-7,15-16H2,1-5H3;1H. The van der Waals surface area contributed by atoms with Crippen LogP contribution in [0.25, 0.3) is 10.2 Å². The molecular weight excluding hydrogens is 432 g/mol. The molecule has 1 amide bonds. The van der Waals surface area contributed by atoms with Crippen molar-refractivity contribution in [3.05, 3.63) is 48.0 Å². The Bertz CT molecular complexity index is 987. The van der Waals surface area contributed by atoms with Crippen LogP contribution in [0.2, 0.25) is 0 Å². The van der Waals surface area contributed by atoms with Crippen molar-refractivity contribution in [3.63, 3.8) is 0 Å². The Hall–Kier alpha value is -2.35. The van der Waals surface area contributed by atoms with Gasteiger partial charge in [-0.15, -0.1) is 12.4 Å². The highest BCUT2D eigenvalue weighted by Crippen LogP contribution is 2.34. The van der Waals surface area contributed by atoms with E-state index in [9.17, 15) is 4.79 Å². The average molecular weight is 463 g/mol. The average Bonchev–Trinajstić information content (AvgIpc) is 3.19. The first-order chi connectivity index (χ1) is 14.5. The predicted molar refractivity (Wildman–Crippen MR) is 134 cm³/mol. The lowest BCUT2D eigenvalue weighted by molar-refractivity contribution is 0.0985. The third kappa shape index (κ3) is 5.67. The van der Waals surface area contributed by atoms with Crippen molar-refractivity contribution in [1.82, 2.24) is 9.88 Å². The molecule has 168 valence electrons. The minimum Gasteiger partial charge on any atom is -0.494 e. The van der Waals surface area contributed by atoms with Gasteiger partial charge in [0.15, 0.2) is 5.13 Å². The minimum absolute atomic E-state index is 0. The molecule has 0 bridgehead atoms. The van der Waals surface area contributed by atoms with Gasteiger partial charge < -0.3 is 14.5 Å². The molecule has 0 atom stereocenters. The van der Waals surface area contributed by atoms with E-state index >= 15 is 0 Å². The first kappa shape index (κ1) is 24.9. The van der Waals surface area contributed by atoms with E-state index in [1.54, 1.807) is 12.0 Å².